The normalized spacial score (nSPS) is 33.4. The van der Waals surface area contributed by atoms with Gasteiger partial charge in [-0.1, -0.05) is 63.1 Å². The molecule has 4 nitrogen and oxygen atoms in total. The fourth-order valence-corrected chi connectivity index (χ4v) is 8.53. The first-order valence-corrected chi connectivity index (χ1v) is 11.4. The maximum absolute atomic E-state index is 10.7. The van der Waals surface area contributed by atoms with Crippen LogP contribution >= 0.6 is 0 Å². The number of nitriles is 4. The third-order valence-corrected chi connectivity index (χ3v) is 9.23. The smallest absolute Gasteiger partial charge is 0.186 e. The summed E-state index contributed by atoms with van der Waals surface area (Å²) in [6.07, 6.45) is 3.37. The molecule has 0 N–H and O–H groups in total. The van der Waals surface area contributed by atoms with Gasteiger partial charge in [0.2, 0.25) is 0 Å². The van der Waals surface area contributed by atoms with E-state index in [0.29, 0.717) is 12.8 Å². The van der Waals surface area contributed by atoms with E-state index < -0.39 is 21.7 Å². The van der Waals surface area contributed by atoms with Gasteiger partial charge in [-0.2, -0.15) is 21.0 Å². The van der Waals surface area contributed by atoms with Gasteiger partial charge in [0.1, 0.15) is 0 Å². The lowest BCUT2D eigenvalue weighted by Crippen LogP contribution is -2.72. The Labute approximate surface area is 185 Å². The molecular weight excluding hydrogens is 380 g/mol. The maximum Gasteiger partial charge on any atom is 0.186 e. The lowest BCUT2D eigenvalue weighted by molar-refractivity contribution is -0.134. The zero-order chi connectivity index (χ0) is 22.7. The molecule has 31 heavy (non-hydrogen) atoms. The standard InChI is InChI=1S/C27H28N4/c1-5-20-21(6-2)27(8-4)23-19-12-10-9-11-18(19)13-22(23)26(20,7-3)24(14-28,15-29)25(27,16-30)17-31/h9-12,22-23H,5-8,13H2,1-4H3/t22-,23+,26-,27+/m0/s1. The Balaban J connectivity index is 2.32. The maximum atomic E-state index is 10.7. The quantitative estimate of drug-likeness (QED) is 0.575. The van der Waals surface area contributed by atoms with Gasteiger partial charge in [-0.3, -0.25) is 0 Å². The third kappa shape index (κ3) is 1.78. The minimum absolute atomic E-state index is 0.0342. The van der Waals surface area contributed by atoms with Crippen molar-refractivity contribution < 1.29 is 0 Å². The molecule has 1 aromatic rings. The first-order chi connectivity index (χ1) is 15.0. The topological polar surface area (TPSA) is 95.2 Å². The molecule has 1 fully saturated rings. The summed E-state index contributed by atoms with van der Waals surface area (Å²) in [5.74, 6) is 0.00208. The van der Waals surface area contributed by atoms with Gasteiger partial charge in [-0.15, -0.1) is 0 Å². The van der Waals surface area contributed by atoms with Crippen LogP contribution in [0.2, 0.25) is 0 Å². The Bertz CT molecular complexity index is 1120. The first-order valence-electron chi connectivity index (χ1n) is 11.4. The summed E-state index contributed by atoms with van der Waals surface area (Å²) in [5.41, 5.74) is -0.346. The van der Waals surface area contributed by atoms with E-state index in [1.54, 1.807) is 0 Å². The van der Waals surface area contributed by atoms with Crippen molar-refractivity contribution in [3.8, 4) is 24.3 Å². The average Bonchev–Trinajstić information content (AvgIpc) is 3.22. The minimum Gasteiger partial charge on any atom is -0.196 e. The molecule has 0 saturated heterocycles. The van der Waals surface area contributed by atoms with Crippen LogP contribution in [0.25, 0.3) is 0 Å². The molecule has 1 saturated carbocycles. The number of rotatable bonds is 4. The molecule has 0 heterocycles. The van der Waals surface area contributed by atoms with Crippen LogP contribution in [0.4, 0.5) is 0 Å². The number of fused-ring (bicyclic) bond motifs is 2. The summed E-state index contributed by atoms with van der Waals surface area (Å²) in [6, 6.07) is 17.8. The molecule has 0 radical (unpaired) electrons. The lowest BCUT2D eigenvalue weighted by atomic mass is 9.26. The molecule has 5 rings (SSSR count). The zero-order valence-electron chi connectivity index (χ0n) is 18.8. The van der Waals surface area contributed by atoms with Crippen LogP contribution in [0.3, 0.4) is 0 Å². The second kappa shape index (κ2) is 6.71. The fraction of sp³-hybridized carbons (Fsp3) is 0.556. The van der Waals surface area contributed by atoms with Crippen molar-refractivity contribution in [3.05, 3.63) is 46.5 Å². The molecule has 4 atom stereocenters. The van der Waals surface area contributed by atoms with E-state index in [2.05, 4.69) is 50.3 Å². The van der Waals surface area contributed by atoms with Gasteiger partial charge in [0, 0.05) is 16.7 Å². The van der Waals surface area contributed by atoms with E-state index in [-0.39, 0.29) is 11.8 Å². The van der Waals surface area contributed by atoms with Crippen LogP contribution in [-0.4, -0.2) is 0 Å². The summed E-state index contributed by atoms with van der Waals surface area (Å²) in [6.45, 7) is 8.27. The summed E-state index contributed by atoms with van der Waals surface area (Å²) in [7, 11) is 0. The molecule has 0 unspecified atom stereocenters. The molecule has 4 aliphatic rings. The van der Waals surface area contributed by atoms with Gasteiger partial charge in [0.15, 0.2) is 10.8 Å². The van der Waals surface area contributed by atoms with Crippen molar-refractivity contribution in [1.29, 1.82) is 21.0 Å². The van der Waals surface area contributed by atoms with Crippen molar-refractivity contribution in [2.75, 3.05) is 0 Å². The number of benzene rings is 1. The van der Waals surface area contributed by atoms with E-state index in [1.807, 2.05) is 26.0 Å². The van der Waals surface area contributed by atoms with Crippen LogP contribution in [0.1, 0.15) is 70.4 Å². The predicted molar refractivity (Wildman–Crippen MR) is 117 cm³/mol. The van der Waals surface area contributed by atoms with Crippen molar-refractivity contribution in [1.82, 2.24) is 0 Å². The van der Waals surface area contributed by atoms with E-state index in [1.165, 1.54) is 11.1 Å². The Kier molecular flexibility index (Phi) is 4.58. The zero-order valence-corrected chi connectivity index (χ0v) is 18.8. The monoisotopic (exact) mass is 408 g/mol. The van der Waals surface area contributed by atoms with Gasteiger partial charge in [-0.05, 0) is 49.1 Å². The highest BCUT2D eigenvalue weighted by Crippen LogP contribution is 2.84. The Morgan fingerprint density at radius 3 is 1.74 bits per heavy atom. The molecule has 156 valence electrons. The number of nitrogens with zero attached hydrogens (tertiary/aromatic N) is 4. The molecule has 4 aliphatic carbocycles. The molecule has 0 spiro atoms. The van der Waals surface area contributed by atoms with Gasteiger partial charge in [0.05, 0.1) is 24.3 Å². The van der Waals surface area contributed by atoms with E-state index in [0.717, 1.165) is 30.4 Å². The second-order valence-corrected chi connectivity index (χ2v) is 9.25. The van der Waals surface area contributed by atoms with Crippen molar-refractivity contribution in [2.24, 2.45) is 27.6 Å². The Morgan fingerprint density at radius 1 is 0.774 bits per heavy atom. The summed E-state index contributed by atoms with van der Waals surface area (Å²) in [4.78, 5) is 0. The Hall–Kier alpha value is -3.08. The van der Waals surface area contributed by atoms with Crippen LogP contribution in [0.5, 0.6) is 0 Å². The van der Waals surface area contributed by atoms with Crippen molar-refractivity contribution in [2.45, 2.75) is 65.7 Å². The predicted octanol–water partition coefficient (Wildman–Crippen LogP) is 5.95. The van der Waals surface area contributed by atoms with Crippen LogP contribution in [0, 0.1) is 72.9 Å². The number of allylic oxidation sites excluding steroid dienone is 2. The molecule has 2 bridgehead atoms. The number of hydrogen-bond acceptors (Lipinski definition) is 4. The van der Waals surface area contributed by atoms with Crippen LogP contribution in [-0.2, 0) is 6.42 Å². The average molecular weight is 409 g/mol. The molecule has 0 amide bonds. The molecule has 0 aliphatic heterocycles. The highest BCUT2D eigenvalue weighted by Gasteiger charge is 2.85. The highest BCUT2D eigenvalue weighted by atomic mass is 14.8. The minimum atomic E-state index is -1.73. The highest BCUT2D eigenvalue weighted by molar-refractivity contribution is 5.62. The van der Waals surface area contributed by atoms with Crippen molar-refractivity contribution in [3.63, 3.8) is 0 Å². The lowest BCUT2D eigenvalue weighted by Gasteiger charge is -2.71. The SMILES string of the molecule is CCC1=C(CC)[C@]2(CC)[C@@H]3c4ccccc4C[C@@H]3[C@@]1(CC)C(C#N)(C#N)C2(C#N)C#N. The second-order valence-electron chi connectivity index (χ2n) is 9.25. The van der Waals surface area contributed by atoms with Crippen LogP contribution < -0.4 is 0 Å². The van der Waals surface area contributed by atoms with Crippen molar-refractivity contribution >= 4 is 0 Å². The fourth-order valence-electron chi connectivity index (χ4n) is 8.53. The largest absolute Gasteiger partial charge is 0.196 e. The summed E-state index contributed by atoms with van der Waals surface area (Å²) in [5, 5.41) is 42.8. The van der Waals surface area contributed by atoms with Crippen LogP contribution in [0.15, 0.2) is 35.4 Å². The Morgan fingerprint density at radius 2 is 1.26 bits per heavy atom. The molecule has 1 aromatic carbocycles. The summed E-state index contributed by atoms with van der Waals surface area (Å²) >= 11 is 0. The first kappa shape index (κ1) is 21.2. The van der Waals surface area contributed by atoms with Gasteiger partial charge in [-0.25, -0.2) is 0 Å². The third-order valence-electron chi connectivity index (χ3n) is 9.23. The van der Waals surface area contributed by atoms with E-state index in [4.69, 9.17) is 0 Å². The molecule has 4 heteroatoms. The summed E-state index contributed by atoms with van der Waals surface area (Å²) < 4.78 is 0. The van der Waals surface area contributed by atoms with E-state index in [9.17, 15) is 21.0 Å². The molecule has 0 aromatic heterocycles. The number of hydrogen-bond donors (Lipinski definition) is 0. The van der Waals surface area contributed by atoms with Gasteiger partial charge in [0.25, 0.3) is 0 Å². The van der Waals surface area contributed by atoms with E-state index >= 15 is 0 Å². The van der Waals surface area contributed by atoms with Gasteiger partial charge < -0.3 is 0 Å². The molecular formula is C27H28N4. The van der Waals surface area contributed by atoms with Gasteiger partial charge >= 0.3 is 0 Å².